The summed E-state index contributed by atoms with van der Waals surface area (Å²) in [5, 5.41) is 0. The van der Waals surface area contributed by atoms with E-state index >= 15 is 0 Å². The highest BCUT2D eigenvalue weighted by atomic mass is 16.2. The van der Waals surface area contributed by atoms with Crippen LogP contribution < -0.4 is 0 Å². The lowest BCUT2D eigenvalue weighted by Crippen LogP contribution is -2.36. The molecule has 2 aromatic rings. The molecule has 0 atom stereocenters. The van der Waals surface area contributed by atoms with Gasteiger partial charge in [-0.15, -0.1) is 0 Å². The molecule has 0 aliphatic carbocycles. The molecular weight excluding hydrogens is 300 g/mol. The van der Waals surface area contributed by atoms with Crippen LogP contribution in [-0.2, 0) is 22.7 Å². The monoisotopic (exact) mass is 324 g/mol. The summed E-state index contributed by atoms with van der Waals surface area (Å²) in [6.07, 6.45) is -0.0932. The van der Waals surface area contributed by atoms with Crippen molar-refractivity contribution >= 4 is 11.8 Å². The first-order valence-corrected chi connectivity index (χ1v) is 8.19. The van der Waals surface area contributed by atoms with Crippen LogP contribution in [0.15, 0.2) is 60.7 Å². The van der Waals surface area contributed by atoms with E-state index in [1.54, 1.807) is 16.8 Å². The molecule has 4 nitrogen and oxygen atoms in total. The van der Waals surface area contributed by atoms with Crippen molar-refractivity contribution in [2.75, 3.05) is 13.6 Å². The van der Waals surface area contributed by atoms with Crippen LogP contribution in [0.25, 0.3) is 0 Å². The molecule has 0 unspecified atom stereocenters. The lowest BCUT2D eigenvalue weighted by molar-refractivity contribution is -0.140. The van der Waals surface area contributed by atoms with Gasteiger partial charge in [0.2, 0.25) is 11.8 Å². The van der Waals surface area contributed by atoms with Gasteiger partial charge in [-0.25, -0.2) is 0 Å². The Hall–Kier alpha value is -2.62. The van der Waals surface area contributed by atoms with E-state index in [1.807, 2.05) is 67.6 Å². The Morgan fingerprint density at radius 2 is 1.29 bits per heavy atom. The summed E-state index contributed by atoms with van der Waals surface area (Å²) in [6, 6.07) is 19.6. The lowest BCUT2D eigenvalue weighted by atomic mass is 10.2. The molecular formula is C20H24N2O2. The Labute approximate surface area is 143 Å². The van der Waals surface area contributed by atoms with Crippen molar-refractivity contribution in [3.05, 3.63) is 71.8 Å². The van der Waals surface area contributed by atoms with Crippen LogP contribution in [0.5, 0.6) is 0 Å². The van der Waals surface area contributed by atoms with Gasteiger partial charge in [-0.1, -0.05) is 60.7 Å². The smallest absolute Gasteiger partial charge is 0.232 e. The molecule has 4 heteroatoms. The van der Waals surface area contributed by atoms with Crippen LogP contribution in [0.3, 0.4) is 0 Å². The Bertz CT molecular complexity index is 656. The molecule has 0 aliphatic rings. The predicted molar refractivity (Wildman–Crippen MR) is 95.1 cm³/mol. The minimum Gasteiger partial charge on any atom is -0.341 e. The van der Waals surface area contributed by atoms with Gasteiger partial charge in [-0.05, 0) is 18.1 Å². The highest BCUT2D eigenvalue weighted by Crippen LogP contribution is 2.08. The molecule has 0 N–H and O–H groups in total. The van der Waals surface area contributed by atoms with Gasteiger partial charge in [-0.3, -0.25) is 9.59 Å². The SMILES string of the molecule is CCN(Cc1ccccc1)C(=O)CC(=O)N(C)Cc1ccccc1. The third-order valence-electron chi connectivity index (χ3n) is 3.94. The summed E-state index contributed by atoms with van der Waals surface area (Å²) in [7, 11) is 1.73. The van der Waals surface area contributed by atoms with E-state index in [2.05, 4.69) is 0 Å². The summed E-state index contributed by atoms with van der Waals surface area (Å²) in [5.74, 6) is -0.290. The average Bonchev–Trinajstić information content (AvgIpc) is 2.61. The maximum absolute atomic E-state index is 12.4. The number of nitrogens with zero attached hydrogens (tertiary/aromatic N) is 2. The molecule has 2 aromatic carbocycles. The first kappa shape index (κ1) is 17.7. The highest BCUT2D eigenvalue weighted by molar-refractivity contribution is 5.96. The molecule has 0 spiro atoms. The van der Waals surface area contributed by atoms with E-state index < -0.39 is 0 Å². The summed E-state index contributed by atoms with van der Waals surface area (Å²) < 4.78 is 0. The van der Waals surface area contributed by atoms with Crippen molar-refractivity contribution < 1.29 is 9.59 Å². The maximum atomic E-state index is 12.4. The standard InChI is InChI=1S/C20H24N2O2/c1-3-22(16-18-12-8-5-9-13-18)20(24)14-19(23)21(2)15-17-10-6-4-7-11-17/h4-13H,3,14-16H2,1-2H3. The number of rotatable bonds is 7. The number of benzene rings is 2. The second-order valence-electron chi connectivity index (χ2n) is 5.81. The van der Waals surface area contributed by atoms with Crippen molar-refractivity contribution in [1.29, 1.82) is 0 Å². The topological polar surface area (TPSA) is 40.6 Å². The minimum atomic E-state index is -0.157. The van der Waals surface area contributed by atoms with Crippen LogP contribution in [-0.4, -0.2) is 35.2 Å². The van der Waals surface area contributed by atoms with Crippen molar-refractivity contribution in [1.82, 2.24) is 9.80 Å². The first-order valence-electron chi connectivity index (χ1n) is 8.19. The number of hydrogen-bond acceptors (Lipinski definition) is 2. The van der Waals surface area contributed by atoms with E-state index in [0.717, 1.165) is 11.1 Å². The quantitative estimate of drug-likeness (QED) is 0.734. The number of amides is 2. The lowest BCUT2D eigenvalue weighted by Gasteiger charge is -2.23. The molecule has 0 fully saturated rings. The van der Waals surface area contributed by atoms with Gasteiger partial charge < -0.3 is 9.80 Å². The number of carbonyl (C=O) groups is 2. The fourth-order valence-electron chi connectivity index (χ4n) is 2.50. The average molecular weight is 324 g/mol. The molecule has 0 aromatic heterocycles. The summed E-state index contributed by atoms with van der Waals surface area (Å²) in [6.45, 7) is 3.56. The summed E-state index contributed by atoms with van der Waals surface area (Å²) in [5.41, 5.74) is 2.12. The molecule has 24 heavy (non-hydrogen) atoms. The second kappa shape index (κ2) is 8.87. The van der Waals surface area contributed by atoms with Crippen LogP contribution >= 0.6 is 0 Å². The maximum Gasteiger partial charge on any atom is 0.232 e. The van der Waals surface area contributed by atoms with Gasteiger partial charge in [0.1, 0.15) is 6.42 Å². The van der Waals surface area contributed by atoms with Gasteiger partial charge in [0.25, 0.3) is 0 Å². The van der Waals surface area contributed by atoms with E-state index in [9.17, 15) is 9.59 Å². The molecule has 2 amide bonds. The Kier molecular flexibility index (Phi) is 6.55. The van der Waals surface area contributed by atoms with Crippen molar-refractivity contribution in [2.45, 2.75) is 26.4 Å². The Balaban J connectivity index is 1.90. The van der Waals surface area contributed by atoms with Gasteiger partial charge in [0.05, 0.1) is 0 Å². The van der Waals surface area contributed by atoms with Crippen molar-refractivity contribution in [3.8, 4) is 0 Å². The van der Waals surface area contributed by atoms with Gasteiger partial charge in [0, 0.05) is 26.7 Å². The molecule has 126 valence electrons. The van der Waals surface area contributed by atoms with E-state index in [1.165, 1.54) is 0 Å². The van der Waals surface area contributed by atoms with E-state index in [4.69, 9.17) is 0 Å². The van der Waals surface area contributed by atoms with E-state index in [0.29, 0.717) is 19.6 Å². The van der Waals surface area contributed by atoms with Gasteiger partial charge in [-0.2, -0.15) is 0 Å². The molecule has 0 heterocycles. The Morgan fingerprint density at radius 3 is 1.79 bits per heavy atom. The van der Waals surface area contributed by atoms with Crippen molar-refractivity contribution in [2.24, 2.45) is 0 Å². The fourth-order valence-corrected chi connectivity index (χ4v) is 2.50. The third kappa shape index (κ3) is 5.23. The van der Waals surface area contributed by atoms with Gasteiger partial charge >= 0.3 is 0 Å². The number of hydrogen-bond donors (Lipinski definition) is 0. The zero-order valence-electron chi connectivity index (χ0n) is 14.3. The number of carbonyl (C=O) groups excluding carboxylic acids is 2. The van der Waals surface area contributed by atoms with Crippen LogP contribution in [0.1, 0.15) is 24.5 Å². The van der Waals surface area contributed by atoms with Crippen molar-refractivity contribution in [3.63, 3.8) is 0 Å². The largest absolute Gasteiger partial charge is 0.341 e. The Morgan fingerprint density at radius 1 is 0.792 bits per heavy atom. The predicted octanol–water partition coefficient (Wildman–Crippen LogP) is 3.08. The van der Waals surface area contributed by atoms with E-state index in [-0.39, 0.29) is 18.2 Å². The van der Waals surface area contributed by atoms with Crippen LogP contribution in [0.4, 0.5) is 0 Å². The van der Waals surface area contributed by atoms with Crippen LogP contribution in [0.2, 0.25) is 0 Å². The first-order chi connectivity index (χ1) is 11.6. The minimum absolute atomic E-state index is 0.0932. The molecule has 0 radical (unpaired) electrons. The van der Waals surface area contributed by atoms with Gasteiger partial charge in [0.15, 0.2) is 0 Å². The molecule has 0 aliphatic heterocycles. The molecule has 0 saturated heterocycles. The third-order valence-corrected chi connectivity index (χ3v) is 3.94. The summed E-state index contributed by atoms with van der Waals surface area (Å²) >= 11 is 0. The molecule has 0 bridgehead atoms. The summed E-state index contributed by atoms with van der Waals surface area (Å²) in [4.78, 5) is 28.0. The zero-order valence-corrected chi connectivity index (χ0v) is 14.3. The normalized spacial score (nSPS) is 10.2. The highest BCUT2D eigenvalue weighted by Gasteiger charge is 2.19. The second-order valence-corrected chi connectivity index (χ2v) is 5.81. The van der Waals surface area contributed by atoms with Crippen LogP contribution in [0, 0.1) is 0 Å². The molecule has 2 rings (SSSR count). The fraction of sp³-hybridized carbons (Fsp3) is 0.300. The zero-order chi connectivity index (χ0) is 17.4. The molecule has 0 saturated carbocycles.